The van der Waals surface area contributed by atoms with Crippen molar-refractivity contribution < 1.29 is 9.59 Å². The minimum Gasteiger partial charge on any atom is -0.352 e. The summed E-state index contributed by atoms with van der Waals surface area (Å²) in [6.45, 7) is 0.839. The molecule has 1 heterocycles. The van der Waals surface area contributed by atoms with E-state index in [2.05, 4.69) is 16.7 Å². The third-order valence-corrected chi connectivity index (χ3v) is 2.85. The molecule has 0 aliphatic carbocycles. The third-order valence-electron chi connectivity index (χ3n) is 2.85. The number of piperazine rings is 1. The number of imide groups is 1. The maximum Gasteiger partial charge on any atom is 0.246 e. The molecule has 1 fully saturated rings. The predicted octanol–water partition coefficient (Wildman–Crippen LogP) is -0.260. The summed E-state index contributed by atoms with van der Waals surface area (Å²) in [5.74, 6) is -0.695. The zero-order valence-corrected chi connectivity index (χ0v) is 10.6. The van der Waals surface area contributed by atoms with Gasteiger partial charge < -0.3 is 10.2 Å². The molecule has 0 bridgehead atoms. The van der Waals surface area contributed by atoms with Gasteiger partial charge in [0, 0.05) is 6.54 Å². The van der Waals surface area contributed by atoms with Crippen molar-refractivity contribution in [2.45, 2.75) is 6.54 Å². The number of nitriles is 1. The fraction of sp³-hybridized carbons (Fsp3) is 0.308. The van der Waals surface area contributed by atoms with Crippen molar-refractivity contribution in [3.8, 4) is 6.07 Å². The van der Waals surface area contributed by atoms with Crippen molar-refractivity contribution in [2.24, 2.45) is 0 Å². The van der Waals surface area contributed by atoms with Gasteiger partial charge in [-0.25, -0.2) is 0 Å². The van der Waals surface area contributed by atoms with Gasteiger partial charge in [-0.05, 0) is 24.7 Å². The molecule has 98 valence electrons. The average Bonchev–Trinajstić information content (AvgIpc) is 2.37. The Balaban J connectivity index is 2.31. The van der Waals surface area contributed by atoms with Crippen LogP contribution in [-0.4, -0.2) is 32.0 Å². The van der Waals surface area contributed by atoms with Crippen LogP contribution in [0.5, 0.6) is 0 Å². The number of amides is 2. The van der Waals surface area contributed by atoms with E-state index in [-0.39, 0.29) is 24.9 Å². The highest BCUT2D eigenvalue weighted by Gasteiger charge is 2.24. The van der Waals surface area contributed by atoms with E-state index in [1.807, 2.05) is 13.1 Å². The summed E-state index contributed by atoms with van der Waals surface area (Å²) in [6.07, 6.45) is 0. The predicted molar refractivity (Wildman–Crippen MR) is 69.3 cm³/mol. The molecule has 1 saturated heterocycles. The number of carbonyl (C=O) groups excluding carboxylic acids is 2. The number of hydrogen-bond donors (Lipinski definition) is 2. The lowest BCUT2D eigenvalue weighted by molar-refractivity contribution is -0.130. The molecule has 0 saturated carbocycles. The topological polar surface area (TPSA) is 85.2 Å². The first-order chi connectivity index (χ1) is 9.13. The summed E-state index contributed by atoms with van der Waals surface area (Å²) < 4.78 is 0. The lowest BCUT2D eigenvalue weighted by Gasteiger charge is -2.28. The Morgan fingerprint density at radius 2 is 2.05 bits per heavy atom. The Morgan fingerprint density at radius 1 is 1.37 bits per heavy atom. The highest BCUT2D eigenvalue weighted by molar-refractivity contribution is 6.02. The summed E-state index contributed by atoms with van der Waals surface area (Å²) in [5, 5.41) is 14.4. The van der Waals surface area contributed by atoms with Gasteiger partial charge in [-0.1, -0.05) is 6.07 Å². The van der Waals surface area contributed by atoms with Crippen LogP contribution in [0.2, 0.25) is 0 Å². The first-order valence-electron chi connectivity index (χ1n) is 5.89. The molecule has 0 spiro atoms. The Bertz CT molecular complexity index is 546. The monoisotopic (exact) mass is 258 g/mol. The van der Waals surface area contributed by atoms with Crippen LogP contribution in [0.3, 0.4) is 0 Å². The van der Waals surface area contributed by atoms with Gasteiger partial charge in [-0.3, -0.25) is 14.9 Å². The number of carbonyl (C=O) groups is 2. The van der Waals surface area contributed by atoms with Gasteiger partial charge in [0.25, 0.3) is 0 Å². The van der Waals surface area contributed by atoms with Crippen LogP contribution < -0.4 is 15.5 Å². The molecule has 2 rings (SSSR count). The number of nitrogens with zero attached hydrogens (tertiary/aromatic N) is 2. The molecule has 0 unspecified atom stereocenters. The van der Waals surface area contributed by atoms with E-state index < -0.39 is 0 Å². The second-order valence-corrected chi connectivity index (χ2v) is 4.32. The third kappa shape index (κ3) is 2.89. The minimum atomic E-state index is -0.348. The zero-order valence-electron chi connectivity index (χ0n) is 10.6. The number of anilines is 1. The molecule has 2 N–H and O–H groups in total. The van der Waals surface area contributed by atoms with Crippen LogP contribution in [0.15, 0.2) is 18.2 Å². The Kier molecular flexibility index (Phi) is 3.78. The lowest BCUT2D eigenvalue weighted by Crippen LogP contribution is -2.51. The molecular weight excluding hydrogens is 244 g/mol. The largest absolute Gasteiger partial charge is 0.352 e. The molecule has 6 heteroatoms. The molecule has 2 amide bonds. The summed E-state index contributed by atoms with van der Waals surface area (Å²) in [4.78, 5) is 24.3. The van der Waals surface area contributed by atoms with Gasteiger partial charge in [0.2, 0.25) is 11.8 Å². The van der Waals surface area contributed by atoms with Gasteiger partial charge in [0.15, 0.2) is 0 Å². The lowest BCUT2D eigenvalue weighted by atomic mass is 10.1. The van der Waals surface area contributed by atoms with Gasteiger partial charge in [0.1, 0.15) is 6.07 Å². The average molecular weight is 258 g/mol. The maximum absolute atomic E-state index is 11.4. The smallest absolute Gasteiger partial charge is 0.246 e. The highest BCUT2D eigenvalue weighted by Crippen LogP contribution is 2.22. The van der Waals surface area contributed by atoms with Gasteiger partial charge in [0.05, 0.1) is 24.3 Å². The van der Waals surface area contributed by atoms with Crippen LogP contribution in [0.25, 0.3) is 0 Å². The van der Waals surface area contributed by atoms with E-state index in [4.69, 9.17) is 0 Å². The SMILES string of the molecule is CNCc1ccc(N2CC(=O)NC(=O)C2)c(C#N)c1. The molecule has 1 aromatic carbocycles. The number of nitrogens with one attached hydrogen (secondary N) is 2. The van der Waals surface area contributed by atoms with Crippen LogP contribution in [-0.2, 0) is 16.1 Å². The van der Waals surface area contributed by atoms with Crippen LogP contribution in [0.1, 0.15) is 11.1 Å². The fourth-order valence-corrected chi connectivity index (χ4v) is 2.07. The van der Waals surface area contributed by atoms with Crippen LogP contribution in [0.4, 0.5) is 5.69 Å². The number of hydrogen-bond acceptors (Lipinski definition) is 5. The Hall–Kier alpha value is -2.39. The summed E-state index contributed by atoms with van der Waals surface area (Å²) in [5.41, 5.74) is 2.07. The maximum atomic E-state index is 11.4. The molecular formula is C13H14N4O2. The normalized spacial score (nSPS) is 15.1. The van der Waals surface area contributed by atoms with Crippen molar-refractivity contribution >= 4 is 17.5 Å². The summed E-state index contributed by atoms with van der Waals surface area (Å²) in [7, 11) is 1.83. The van der Waals surface area contributed by atoms with Crippen molar-refractivity contribution in [1.82, 2.24) is 10.6 Å². The Labute approximate surface area is 111 Å². The van der Waals surface area contributed by atoms with Gasteiger partial charge in [-0.15, -0.1) is 0 Å². The first kappa shape index (κ1) is 13.1. The van der Waals surface area contributed by atoms with E-state index in [1.165, 1.54) is 0 Å². The zero-order chi connectivity index (χ0) is 13.8. The molecule has 0 radical (unpaired) electrons. The molecule has 19 heavy (non-hydrogen) atoms. The van der Waals surface area contributed by atoms with E-state index >= 15 is 0 Å². The van der Waals surface area contributed by atoms with Gasteiger partial charge in [-0.2, -0.15) is 5.26 Å². The standard InChI is InChI=1S/C13H14N4O2/c1-15-6-9-2-3-11(10(4-9)5-14)17-7-12(18)16-13(19)8-17/h2-4,15H,6-8H2,1H3,(H,16,18,19). The summed E-state index contributed by atoms with van der Waals surface area (Å²) >= 11 is 0. The molecule has 0 atom stereocenters. The second-order valence-electron chi connectivity index (χ2n) is 4.32. The molecule has 1 aromatic rings. The number of rotatable bonds is 3. The van der Waals surface area contributed by atoms with E-state index in [9.17, 15) is 14.9 Å². The van der Waals surface area contributed by atoms with E-state index in [0.717, 1.165) is 5.56 Å². The fourth-order valence-electron chi connectivity index (χ4n) is 2.07. The summed E-state index contributed by atoms with van der Waals surface area (Å²) in [6, 6.07) is 7.53. The molecule has 0 aromatic heterocycles. The van der Waals surface area contributed by atoms with Crippen LogP contribution in [0, 0.1) is 11.3 Å². The van der Waals surface area contributed by atoms with Crippen molar-refractivity contribution in [1.29, 1.82) is 5.26 Å². The molecule has 1 aliphatic rings. The minimum absolute atomic E-state index is 0.0891. The number of benzene rings is 1. The van der Waals surface area contributed by atoms with Crippen molar-refractivity contribution in [2.75, 3.05) is 25.0 Å². The first-order valence-corrected chi connectivity index (χ1v) is 5.89. The van der Waals surface area contributed by atoms with Crippen molar-refractivity contribution in [3.63, 3.8) is 0 Å². The van der Waals surface area contributed by atoms with Crippen LogP contribution >= 0.6 is 0 Å². The second kappa shape index (κ2) is 5.50. The van der Waals surface area contributed by atoms with E-state index in [1.54, 1.807) is 17.0 Å². The Morgan fingerprint density at radius 3 is 2.63 bits per heavy atom. The molecule has 1 aliphatic heterocycles. The quantitative estimate of drug-likeness (QED) is 0.730. The molecule has 6 nitrogen and oxygen atoms in total. The van der Waals surface area contributed by atoms with Crippen molar-refractivity contribution in [3.05, 3.63) is 29.3 Å². The highest BCUT2D eigenvalue weighted by atomic mass is 16.2. The van der Waals surface area contributed by atoms with E-state index in [0.29, 0.717) is 17.8 Å². The van der Waals surface area contributed by atoms with Gasteiger partial charge >= 0.3 is 0 Å².